The molecule has 6 heteroatoms. The van der Waals surface area contributed by atoms with Crippen LogP contribution in [0.5, 0.6) is 0 Å². The molecule has 8 rings (SSSR count). The zero-order valence-electron chi connectivity index (χ0n) is 28.1. The quantitative estimate of drug-likeness (QED) is 0.260. The Morgan fingerprint density at radius 3 is 2.53 bits per heavy atom. The Kier molecular flexibility index (Phi) is 7.93. The van der Waals surface area contributed by atoms with Crippen LogP contribution in [0.15, 0.2) is 36.4 Å². The van der Waals surface area contributed by atoms with E-state index in [4.69, 9.17) is 4.74 Å². The number of hydrogen-bond acceptors (Lipinski definition) is 2. The lowest BCUT2D eigenvalue weighted by molar-refractivity contribution is -0.169. The van der Waals surface area contributed by atoms with Crippen molar-refractivity contribution in [2.24, 2.45) is 34.5 Å². The maximum atomic E-state index is 14.3. The fourth-order valence-electron chi connectivity index (χ4n) is 11.5. The van der Waals surface area contributed by atoms with E-state index in [9.17, 15) is 18.0 Å². The molecule has 0 spiro atoms. The van der Waals surface area contributed by atoms with E-state index in [-0.39, 0.29) is 41.2 Å². The number of benzene rings is 2. The second kappa shape index (κ2) is 11.8. The first-order chi connectivity index (χ1) is 22.6. The number of nitrogens with one attached hydrogen (secondary N) is 1. The number of alkyl halides is 2. The number of aryl methyl sites for hydroxylation is 2. The van der Waals surface area contributed by atoms with Gasteiger partial charge in [0.15, 0.2) is 5.78 Å². The molecule has 0 bridgehead atoms. The molecule has 5 aliphatic carbocycles. The Morgan fingerprint density at radius 2 is 1.70 bits per heavy atom. The van der Waals surface area contributed by atoms with Gasteiger partial charge in [-0.2, -0.15) is 0 Å². The first-order valence-electron chi connectivity index (χ1n) is 18.5. The number of ether oxygens (including phenoxy) is 1. The van der Waals surface area contributed by atoms with Gasteiger partial charge in [0.1, 0.15) is 5.82 Å². The summed E-state index contributed by atoms with van der Waals surface area (Å²) in [4.78, 5) is 16.1. The molecular weight excluding hydrogens is 595 g/mol. The van der Waals surface area contributed by atoms with Gasteiger partial charge in [-0.25, -0.2) is 13.2 Å². The number of rotatable bonds is 7. The van der Waals surface area contributed by atoms with Crippen LogP contribution in [-0.2, 0) is 17.6 Å². The van der Waals surface area contributed by atoms with Gasteiger partial charge in [0.25, 0.3) is 0 Å². The Bertz CT molecular complexity index is 1660. The summed E-state index contributed by atoms with van der Waals surface area (Å²) in [6, 6.07) is 11.6. The van der Waals surface area contributed by atoms with Crippen LogP contribution >= 0.6 is 0 Å². The minimum absolute atomic E-state index is 0.0279. The molecule has 4 saturated carbocycles. The molecule has 0 radical (unpaired) electrons. The van der Waals surface area contributed by atoms with Crippen LogP contribution in [0.2, 0.25) is 0 Å². The van der Waals surface area contributed by atoms with Gasteiger partial charge >= 0.3 is 0 Å². The van der Waals surface area contributed by atoms with E-state index >= 15 is 0 Å². The molecule has 0 amide bonds. The van der Waals surface area contributed by atoms with Crippen molar-refractivity contribution in [3.8, 4) is 11.3 Å². The van der Waals surface area contributed by atoms with Gasteiger partial charge in [-0.3, -0.25) is 4.79 Å². The van der Waals surface area contributed by atoms with Crippen LogP contribution in [0.4, 0.5) is 13.2 Å². The van der Waals surface area contributed by atoms with E-state index in [2.05, 4.69) is 43.1 Å². The second-order valence-corrected chi connectivity index (χ2v) is 16.5. The average Bonchev–Trinajstić information content (AvgIpc) is 3.52. The van der Waals surface area contributed by atoms with Crippen molar-refractivity contribution in [2.75, 3.05) is 6.61 Å². The van der Waals surface area contributed by atoms with Crippen LogP contribution in [0.1, 0.15) is 119 Å². The molecule has 0 unspecified atom stereocenters. The number of fused-ring (bicyclic) bond motifs is 5. The van der Waals surface area contributed by atoms with Crippen molar-refractivity contribution in [3.63, 3.8) is 0 Å². The lowest BCUT2D eigenvalue weighted by Crippen LogP contribution is -2.55. The molecule has 4 fully saturated rings. The highest BCUT2D eigenvalue weighted by Gasteiger charge is 2.62. The van der Waals surface area contributed by atoms with Crippen molar-refractivity contribution in [2.45, 2.75) is 122 Å². The van der Waals surface area contributed by atoms with Gasteiger partial charge in [0, 0.05) is 48.0 Å². The standard InChI is InChI=1S/C41H50F3NO2/c1-39-19-20-41(43,44)24-27(39)13-14-29-32-15-16-36(40(32,2)18-17-33(29)39)47-21-4-3-6-25-9-11-26(12-10-25)38-30-7-5-8-35(46)31-22-28(42)23-34(45-38)37(30)31/h9-12,22-23,27,29,32-33,36,45H,3-8,13-21,24H2,1-2H3/t27-,29-,32-,33-,36-,39-,40-/m0/s1. The Morgan fingerprint density at radius 1 is 0.894 bits per heavy atom. The minimum Gasteiger partial charge on any atom is -0.378 e. The lowest BCUT2D eigenvalue weighted by Gasteiger charge is -2.61. The summed E-state index contributed by atoms with van der Waals surface area (Å²) in [7, 11) is 0. The number of Topliss-reactive ketones (excluding diaryl/α,β-unsaturated/α-hetero) is 1. The summed E-state index contributed by atoms with van der Waals surface area (Å²) in [5, 5.41) is 0.890. The molecule has 5 aliphatic rings. The predicted octanol–water partition coefficient (Wildman–Crippen LogP) is 10.9. The van der Waals surface area contributed by atoms with E-state index in [1.807, 2.05) is 0 Å². The molecule has 0 aliphatic heterocycles. The summed E-state index contributed by atoms with van der Waals surface area (Å²) in [6.45, 7) is 5.64. The van der Waals surface area contributed by atoms with Crippen LogP contribution < -0.4 is 0 Å². The molecule has 1 aromatic heterocycles. The fourth-order valence-corrected chi connectivity index (χ4v) is 11.5. The minimum atomic E-state index is -2.46. The van der Waals surface area contributed by atoms with Crippen molar-refractivity contribution >= 4 is 16.7 Å². The number of aromatic nitrogens is 1. The number of H-pyrrole nitrogens is 1. The third-order valence-electron chi connectivity index (χ3n) is 14.1. The van der Waals surface area contributed by atoms with Crippen molar-refractivity contribution in [3.05, 3.63) is 58.9 Å². The van der Waals surface area contributed by atoms with Gasteiger partial charge in [-0.15, -0.1) is 0 Å². The van der Waals surface area contributed by atoms with Gasteiger partial charge in [-0.05, 0) is 140 Å². The van der Waals surface area contributed by atoms with Gasteiger partial charge < -0.3 is 9.72 Å². The Balaban J connectivity index is 0.855. The number of ketones is 1. The van der Waals surface area contributed by atoms with Gasteiger partial charge in [0.2, 0.25) is 5.92 Å². The monoisotopic (exact) mass is 645 g/mol. The molecule has 7 atom stereocenters. The number of hydrogen-bond donors (Lipinski definition) is 1. The zero-order chi connectivity index (χ0) is 32.6. The number of carbonyl (C=O) groups is 1. The van der Waals surface area contributed by atoms with Crippen LogP contribution in [-0.4, -0.2) is 29.4 Å². The Labute approximate surface area is 277 Å². The first kappa shape index (κ1) is 31.7. The molecule has 47 heavy (non-hydrogen) atoms. The lowest BCUT2D eigenvalue weighted by atomic mass is 9.45. The summed E-state index contributed by atoms with van der Waals surface area (Å²) in [5.74, 6) is -0.653. The highest BCUT2D eigenvalue weighted by atomic mass is 19.3. The summed E-state index contributed by atoms with van der Waals surface area (Å²) in [6.07, 6.45) is 13.2. The normalized spacial score (nSPS) is 34.5. The summed E-state index contributed by atoms with van der Waals surface area (Å²) in [5.41, 5.74) is 6.04. The van der Waals surface area contributed by atoms with Crippen molar-refractivity contribution in [1.82, 2.24) is 4.98 Å². The van der Waals surface area contributed by atoms with E-state index in [1.165, 1.54) is 37.0 Å². The highest BCUT2D eigenvalue weighted by molar-refractivity contribution is 6.11. The second-order valence-electron chi connectivity index (χ2n) is 16.5. The Hall–Kier alpha value is -2.60. The molecule has 1 heterocycles. The SMILES string of the molecule is C[C@]12CCC(F)(F)C[C@@H]1CC[C@@H]1[C@@H]2CC[C@]2(C)[C@@H](OCCCCc3ccc(-c4[nH]c5cc(F)cc6c5c4CCCC6=O)cc3)CC[C@@H]12. The molecule has 0 saturated heterocycles. The number of carbonyl (C=O) groups excluding carboxylic acids is 1. The molecular formula is C41H50F3NO2. The number of halogens is 3. The van der Waals surface area contributed by atoms with E-state index in [0.717, 1.165) is 80.2 Å². The third kappa shape index (κ3) is 5.40. The maximum Gasteiger partial charge on any atom is 0.248 e. The number of unbranched alkanes of at least 4 members (excludes halogenated alkanes) is 1. The van der Waals surface area contributed by atoms with Gasteiger partial charge in [0.05, 0.1) is 6.10 Å². The molecule has 3 nitrogen and oxygen atoms in total. The highest BCUT2D eigenvalue weighted by Crippen LogP contribution is 2.67. The summed E-state index contributed by atoms with van der Waals surface area (Å²) < 4.78 is 49.6. The first-order valence-corrected chi connectivity index (χ1v) is 18.5. The third-order valence-corrected chi connectivity index (χ3v) is 14.1. The van der Waals surface area contributed by atoms with Crippen LogP contribution in [0.25, 0.3) is 22.2 Å². The summed E-state index contributed by atoms with van der Waals surface area (Å²) >= 11 is 0. The smallest absolute Gasteiger partial charge is 0.248 e. The predicted molar refractivity (Wildman–Crippen MR) is 180 cm³/mol. The molecule has 3 aromatic rings. The van der Waals surface area contributed by atoms with Crippen LogP contribution in [0.3, 0.4) is 0 Å². The molecule has 2 aromatic carbocycles. The zero-order valence-corrected chi connectivity index (χ0v) is 28.1. The van der Waals surface area contributed by atoms with Gasteiger partial charge in [-0.1, -0.05) is 38.1 Å². The number of aromatic amines is 1. The van der Waals surface area contributed by atoms with E-state index in [0.29, 0.717) is 47.8 Å². The van der Waals surface area contributed by atoms with Crippen molar-refractivity contribution < 1.29 is 22.7 Å². The van der Waals surface area contributed by atoms with E-state index < -0.39 is 5.92 Å². The molecule has 252 valence electrons. The van der Waals surface area contributed by atoms with Crippen LogP contribution in [0, 0.1) is 40.3 Å². The van der Waals surface area contributed by atoms with E-state index in [1.54, 1.807) is 0 Å². The molecule has 1 N–H and O–H groups in total. The maximum absolute atomic E-state index is 14.3. The largest absolute Gasteiger partial charge is 0.378 e. The average molecular weight is 646 g/mol. The van der Waals surface area contributed by atoms with Crippen molar-refractivity contribution in [1.29, 1.82) is 0 Å². The fraction of sp³-hybridized carbons (Fsp3) is 0.634. The topological polar surface area (TPSA) is 42.1 Å².